The second-order valence-corrected chi connectivity index (χ2v) is 4.42. The van der Waals surface area contributed by atoms with Crippen LogP contribution in [-0.4, -0.2) is 10.8 Å². The van der Waals surface area contributed by atoms with Gasteiger partial charge < -0.3 is 5.73 Å². The molecule has 19 heavy (non-hydrogen) atoms. The summed E-state index contributed by atoms with van der Waals surface area (Å²) in [6, 6.07) is 18.2. The maximum atomic E-state index is 5.30. The highest BCUT2D eigenvalue weighted by molar-refractivity contribution is 7.80. The molecule has 2 rings (SSSR count). The largest absolute Gasteiger partial charge is 0.375 e. The lowest BCUT2D eigenvalue weighted by Gasteiger charge is -2.04. The fourth-order valence-corrected chi connectivity index (χ4v) is 1.72. The molecule has 3 N–H and O–H groups in total. The molecule has 2 aromatic carbocycles. The molecular weight excluding hydrogens is 254 g/mol. The van der Waals surface area contributed by atoms with E-state index < -0.39 is 0 Å². The van der Waals surface area contributed by atoms with E-state index in [1.165, 1.54) is 5.56 Å². The van der Waals surface area contributed by atoms with Crippen molar-refractivity contribution in [2.75, 3.05) is 0 Å². The van der Waals surface area contributed by atoms with Crippen LogP contribution in [0.15, 0.2) is 59.7 Å². The van der Waals surface area contributed by atoms with Crippen molar-refractivity contribution >= 4 is 23.0 Å². The van der Waals surface area contributed by atoms with Gasteiger partial charge in [0.25, 0.3) is 0 Å². The summed E-state index contributed by atoms with van der Waals surface area (Å²) in [5, 5.41) is 4.11. The molecule has 95 valence electrons. The quantitative estimate of drug-likeness (QED) is 0.511. The third kappa shape index (κ3) is 3.63. The fourth-order valence-electron chi connectivity index (χ4n) is 1.67. The summed E-state index contributed by atoms with van der Waals surface area (Å²) in [5.41, 5.74) is 11.7. The van der Waals surface area contributed by atoms with Gasteiger partial charge in [0.15, 0.2) is 5.11 Å². The summed E-state index contributed by atoms with van der Waals surface area (Å²) < 4.78 is 0. The number of hydrazone groups is 1. The zero-order valence-corrected chi connectivity index (χ0v) is 11.2. The van der Waals surface area contributed by atoms with Gasteiger partial charge in [-0.1, -0.05) is 54.6 Å². The first-order valence-corrected chi connectivity index (χ1v) is 6.18. The molecule has 0 saturated heterocycles. The van der Waals surface area contributed by atoms with Crippen LogP contribution in [0, 0.1) is 6.92 Å². The van der Waals surface area contributed by atoms with Gasteiger partial charge in [0.2, 0.25) is 0 Å². The number of hydrogen-bond donors (Lipinski definition) is 2. The highest BCUT2D eigenvalue weighted by Gasteiger charge is 2.00. The summed E-state index contributed by atoms with van der Waals surface area (Å²) in [5.74, 6) is 0. The highest BCUT2D eigenvalue weighted by Crippen LogP contribution is 2.19. The second kappa shape index (κ2) is 6.11. The SMILES string of the molecule is [CH2]C(=NNC(N)=S)c1ccc(-c2ccccc2)cc1. The van der Waals surface area contributed by atoms with Gasteiger partial charge in [-0.3, -0.25) is 5.43 Å². The van der Waals surface area contributed by atoms with Gasteiger partial charge in [0, 0.05) is 0 Å². The molecule has 0 aliphatic carbocycles. The lowest BCUT2D eigenvalue weighted by Crippen LogP contribution is -2.25. The van der Waals surface area contributed by atoms with Crippen LogP contribution in [-0.2, 0) is 0 Å². The highest BCUT2D eigenvalue weighted by atomic mass is 32.1. The second-order valence-electron chi connectivity index (χ2n) is 3.98. The van der Waals surface area contributed by atoms with Gasteiger partial charge >= 0.3 is 0 Å². The Hall–Kier alpha value is -2.20. The minimum atomic E-state index is 0.127. The third-order valence-electron chi connectivity index (χ3n) is 2.63. The van der Waals surface area contributed by atoms with Crippen molar-refractivity contribution in [1.29, 1.82) is 0 Å². The molecule has 0 aliphatic rings. The van der Waals surface area contributed by atoms with E-state index in [1.54, 1.807) is 0 Å². The van der Waals surface area contributed by atoms with E-state index in [0.29, 0.717) is 5.71 Å². The Labute approximate surface area is 118 Å². The first kappa shape index (κ1) is 13.2. The molecule has 0 aliphatic heterocycles. The van der Waals surface area contributed by atoms with Crippen LogP contribution in [0.2, 0.25) is 0 Å². The molecule has 0 unspecified atom stereocenters. The van der Waals surface area contributed by atoms with Crippen molar-refractivity contribution in [3.05, 3.63) is 67.1 Å². The average molecular weight is 268 g/mol. The lowest BCUT2D eigenvalue weighted by atomic mass is 10.0. The topological polar surface area (TPSA) is 50.4 Å². The predicted octanol–water partition coefficient (Wildman–Crippen LogP) is 2.72. The first-order chi connectivity index (χ1) is 9.16. The number of hydrogen-bond acceptors (Lipinski definition) is 2. The smallest absolute Gasteiger partial charge is 0.184 e. The Morgan fingerprint density at radius 1 is 1.00 bits per heavy atom. The Morgan fingerprint density at radius 3 is 2.16 bits per heavy atom. The van der Waals surface area contributed by atoms with Gasteiger partial charge in [-0.05, 0) is 35.8 Å². The summed E-state index contributed by atoms with van der Waals surface area (Å²) >= 11 is 4.68. The number of nitrogens with two attached hydrogens (primary N) is 1. The van der Waals surface area contributed by atoms with E-state index >= 15 is 0 Å². The normalized spacial score (nSPS) is 11.1. The fraction of sp³-hybridized carbons (Fsp3) is 0. The molecular formula is C15H14N3S. The summed E-state index contributed by atoms with van der Waals surface area (Å²) in [7, 11) is 0. The van der Waals surface area contributed by atoms with Crippen molar-refractivity contribution in [2.45, 2.75) is 0 Å². The van der Waals surface area contributed by atoms with E-state index in [0.717, 1.165) is 11.1 Å². The van der Waals surface area contributed by atoms with Crippen LogP contribution in [0.1, 0.15) is 5.56 Å². The van der Waals surface area contributed by atoms with Gasteiger partial charge in [-0.25, -0.2) is 0 Å². The van der Waals surface area contributed by atoms with Crippen molar-refractivity contribution in [2.24, 2.45) is 10.8 Å². The molecule has 0 fully saturated rings. The molecule has 2 aromatic rings. The average Bonchev–Trinajstić information content (AvgIpc) is 2.46. The summed E-state index contributed by atoms with van der Waals surface area (Å²) in [4.78, 5) is 0. The van der Waals surface area contributed by atoms with E-state index in [-0.39, 0.29) is 5.11 Å². The molecule has 1 radical (unpaired) electrons. The zero-order valence-electron chi connectivity index (χ0n) is 10.3. The molecule has 0 bridgehead atoms. The van der Waals surface area contributed by atoms with Crippen molar-refractivity contribution in [3.8, 4) is 11.1 Å². The molecule has 0 atom stereocenters. The van der Waals surface area contributed by atoms with E-state index in [4.69, 9.17) is 5.73 Å². The van der Waals surface area contributed by atoms with Crippen LogP contribution >= 0.6 is 12.2 Å². The molecule has 0 spiro atoms. The van der Waals surface area contributed by atoms with Crippen LogP contribution in [0.5, 0.6) is 0 Å². The number of rotatable bonds is 3. The van der Waals surface area contributed by atoms with Gasteiger partial charge in [-0.15, -0.1) is 0 Å². The Balaban J connectivity index is 2.19. The van der Waals surface area contributed by atoms with E-state index in [2.05, 4.69) is 41.8 Å². The lowest BCUT2D eigenvalue weighted by molar-refractivity contribution is 1.03. The molecule has 0 aromatic heterocycles. The zero-order chi connectivity index (χ0) is 13.7. The maximum absolute atomic E-state index is 5.30. The third-order valence-corrected chi connectivity index (χ3v) is 2.72. The summed E-state index contributed by atoms with van der Waals surface area (Å²) in [6.07, 6.45) is 0. The number of nitrogens with one attached hydrogen (secondary N) is 1. The first-order valence-electron chi connectivity index (χ1n) is 5.78. The predicted molar refractivity (Wildman–Crippen MR) is 83.7 cm³/mol. The van der Waals surface area contributed by atoms with Crippen LogP contribution in [0.3, 0.4) is 0 Å². The Kier molecular flexibility index (Phi) is 4.26. The minimum Gasteiger partial charge on any atom is -0.375 e. The minimum absolute atomic E-state index is 0.127. The number of thiocarbonyl (C=S) groups is 1. The molecule has 4 heteroatoms. The van der Waals surface area contributed by atoms with Crippen molar-refractivity contribution in [3.63, 3.8) is 0 Å². The Morgan fingerprint density at radius 2 is 1.58 bits per heavy atom. The van der Waals surface area contributed by atoms with Crippen LogP contribution in [0.4, 0.5) is 0 Å². The molecule has 0 heterocycles. The monoisotopic (exact) mass is 268 g/mol. The molecule has 0 saturated carbocycles. The summed E-state index contributed by atoms with van der Waals surface area (Å²) in [6.45, 7) is 3.85. The van der Waals surface area contributed by atoms with E-state index in [9.17, 15) is 0 Å². The number of benzene rings is 2. The van der Waals surface area contributed by atoms with Gasteiger partial charge in [-0.2, -0.15) is 5.10 Å². The van der Waals surface area contributed by atoms with Gasteiger partial charge in [0.05, 0.1) is 5.71 Å². The van der Waals surface area contributed by atoms with Gasteiger partial charge in [0.1, 0.15) is 0 Å². The van der Waals surface area contributed by atoms with E-state index in [1.807, 2.05) is 42.5 Å². The van der Waals surface area contributed by atoms with Crippen LogP contribution in [0.25, 0.3) is 11.1 Å². The van der Waals surface area contributed by atoms with Crippen molar-refractivity contribution in [1.82, 2.24) is 5.43 Å². The van der Waals surface area contributed by atoms with Crippen LogP contribution < -0.4 is 11.2 Å². The molecule has 3 nitrogen and oxygen atoms in total. The van der Waals surface area contributed by atoms with Crippen molar-refractivity contribution < 1.29 is 0 Å². The maximum Gasteiger partial charge on any atom is 0.184 e. The number of nitrogens with zero attached hydrogens (tertiary/aromatic N) is 1. The standard InChI is InChI=1S/C15H14N3S/c1-11(17-18-15(16)19)12-7-9-14(10-8-12)13-5-3-2-4-6-13/h2-10H,1H2,(H3,16,18,19). The Bertz CT molecular complexity index is 589. The molecule has 0 amide bonds.